The number of para-hydroxylation sites is 2. The van der Waals surface area contributed by atoms with Crippen LogP contribution < -0.4 is 0 Å². The van der Waals surface area contributed by atoms with Gasteiger partial charge in [0.1, 0.15) is 0 Å². The minimum absolute atomic E-state index is 1.17. The molecule has 0 unspecified atom stereocenters. The minimum atomic E-state index is 1.17. The van der Waals surface area contributed by atoms with Gasteiger partial charge in [-0.15, -0.1) is 0 Å². The van der Waals surface area contributed by atoms with Crippen LogP contribution in [0.25, 0.3) is 82.4 Å². The Morgan fingerprint density at radius 3 is 1.98 bits per heavy atom. The molecule has 0 N–H and O–H groups in total. The van der Waals surface area contributed by atoms with E-state index in [2.05, 4.69) is 168 Å². The third-order valence-electron chi connectivity index (χ3n) is 9.56. The Labute approximate surface area is 271 Å². The first-order valence-corrected chi connectivity index (χ1v) is 16.6. The Bertz CT molecular complexity index is 2660. The average Bonchev–Trinajstić information content (AvgIpc) is 3.47. The molecule has 0 bridgehead atoms. The van der Waals surface area contributed by atoms with Crippen LogP contribution in [0.2, 0.25) is 0 Å². The van der Waals surface area contributed by atoms with Crippen molar-refractivity contribution in [3.63, 3.8) is 0 Å². The Morgan fingerprint density at radius 1 is 0.391 bits per heavy atom. The molecule has 0 saturated carbocycles. The lowest BCUT2D eigenvalue weighted by molar-refractivity contribution is 1.19. The van der Waals surface area contributed by atoms with Gasteiger partial charge in [-0.1, -0.05) is 133 Å². The lowest BCUT2D eigenvalue weighted by Crippen LogP contribution is -1.95. The average molecular weight is 602 g/mol. The SMILES string of the molecule is c1ccc(-n2c3ccccc3c3c(-c4ccccc4-c4ccc5c(c4)-c4cccc6cccc(c46)S5)cc4ccccc4c32)cc1. The third kappa shape index (κ3) is 3.71. The van der Waals surface area contributed by atoms with Crippen LogP contribution in [0.15, 0.2) is 174 Å². The van der Waals surface area contributed by atoms with E-state index in [0.29, 0.717) is 0 Å². The summed E-state index contributed by atoms with van der Waals surface area (Å²) in [6.07, 6.45) is 0. The van der Waals surface area contributed by atoms with E-state index in [1.54, 1.807) is 0 Å². The second kappa shape index (κ2) is 9.97. The molecule has 2 heterocycles. The molecule has 1 aliphatic heterocycles. The van der Waals surface area contributed by atoms with Crippen molar-refractivity contribution in [3.05, 3.63) is 164 Å². The molecule has 9 aromatic rings. The van der Waals surface area contributed by atoms with Gasteiger partial charge >= 0.3 is 0 Å². The zero-order valence-electron chi connectivity index (χ0n) is 24.9. The van der Waals surface area contributed by atoms with E-state index in [9.17, 15) is 0 Å². The van der Waals surface area contributed by atoms with E-state index in [1.165, 1.54) is 92.2 Å². The Morgan fingerprint density at radius 2 is 1.09 bits per heavy atom. The molecule has 46 heavy (non-hydrogen) atoms. The molecule has 0 aliphatic carbocycles. The molecule has 214 valence electrons. The molecule has 1 aromatic heterocycles. The molecule has 0 fully saturated rings. The number of hydrogen-bond donors (Lipinski definition) is 0. The second-order valence-corrected chi connectivity index (χ2v) is 13.2. The highest BCUT2D eigenvalue weighted by Crippen LogP contribution is 2.50. The monoisotopic (exact) mass is 601 g/mol. The number of aromatic nitrogens is 1. The van der Waals surface area contributed by atoms with Crippen molar-refractivity contribution in [2.24, 2.45) is 0 Å². The smallest absolute Gasteiger partial charge is 0.0625 e. The predicted octanol–water partition coefficient (Wildman–Crippen LogP) is 12.6. The summed E-state index contributed by atoms with van der Waals surface area (Å²) < 4.78 is 2.45. The Kier molecular flexibility index (Phi) is 5.58. The Balaban J connectivity index is 1.28. The molecule has 2 heteroatoms. The van der Waals surface area contributed by atoms with E-state index in [1.807, 2.05) is 11.8 Å². The summed E-state index contributed by atoms with van der Waals surface area (Å²) in [6.45, 7) is 0. The lowest BCUT2D eigenvalue weighted by atomic mass is 9.88. The quantitative estimate of drug-likeness (QED) is 0.195. The van der Waals surface area contributed by atoms with E-state index in [0.717, 1.165) is 0 Å². The fourth-order valence-corrected chi connectivity index (χ4v) is 8.72. The van der Waals surface area contributed by atoms with Crippen LogP contribution in [-0.4, -0.2) is 4.57 Å². The van der Waals surface area contributed by atoms with Crippen LogP contribution in [0.3, 0.4) is 0 Å². The largest absolute Gasteiger partial charge is 0.309 e. The van der Waals surface area contributed by atoms with Gasteiger partial charge in [0.2, 0.25) is 0 Å². The number of rotatable bonds is 3. The molecule has 8 aromatic carbocycles. The fourth-order valence-electron chi connectivity index (χ4n) is 7.59. The minimum Gasteiger partial charge on any atom is -0.309 e. The molecule has 10 rings (SSSR count). The summed E-state index contributed by atoms with van der Waals surface area (Å²) in [5.74, 6) is 0. The third-order valence-corrected chi connectivity index (χ3v) is 10.7. The Hall–Kier alpha value is -5.57. The molecular formula is C44H27NS. The molecule has 0 amide bonds. The number of nitrogens with zero attached hydrogens (tertiary/aromatic N) is 1. The molecule has 0 saturated heterocycles. The van der Waals surface area contributed by atoms with Gasteiger partial charge in [0, 0.05) is 37.0 Å². The van der Waals surface area contributed by atoms with Gasteiger partial charge < -0.3 is 4.57 Å². The van der Waals surface area contributed by atoms with E-state index in [-0.39, 0.29) is 0 Å². The van der Waals surface area contributed by atoms with Gasteiger partial charge in [0.05, 0.1) is 11.0 Å². The maximum Gasteiger partial charge on any atom is 0.0625 e. The topological polar surface area (TPSA) is 4.93 Å². The first-order chi connectivity index (χ1) is 22.8. The van der Waals surface area contributed by atoms with Gasteiger partial charge in [-0.05, 0) is 86.6 Å². The standard InChI is InChI=1S/C44H27NS/c1-2-15-31(16-3-1)45-39-22-9-8-20-36(39)43-38(27-29-12-4-5-18-33(29)44(43)45)34-19-7-6-17-32(34)30-24-25-40-37(26-30)35-21-10-13-28-14-11-23-41(46-40)42(28)35/h1-27H. The second-order valence-electron chi connectivity index (χ2n) is 12.1. The molecule has 0 atom stereocenters. The zero-order chi connectivity index (χ0) is 30.2. The van der Waals surface area contributed by atoms with Crippen molar-refractivity contribution in [1.29, 1.82) is 0 Å². The van der Waals surface area contributed by atoms with Crippen molar-refractivity contribution >= 4 is 55.1 Å². The van der Waals surface area contributed by atoms with Gasteiger partial charge in [-0.2, -0.15) is 0 Å². The van der Waals surface area contributed by atoms with E-state index in [4.69, 9.17) is 0 Å². The van der Waals surface area contributed by atoms with Crippen molar-refractivity contribution in [3.8, 4) is 39.1 Å². The molecule has 1 nitrogen and oxygen atoms in total. The highest BCUT2D eigenvalue weighted by atomic mass is 32.2. The van der Waals surface area contributed by atoms with Gasteiger partial charge in [0.25, 0.3) is 0 Å². The normalized spacial score (nSPS) is 12.3. The number of benzene rings is 8. The lowest BCUT2D eigenvalue weighted by Gasteiger charge is -2.21. The van der Waals surface area contributed by atoms with Crippen molar-refractivity contribution in [1.82, 2.24) is 4.57 Å². The van der Waals surface area contributed by atoms with Crippen LogP contribution in [0.5, 0.6) is 0 Å². The maximum absolute atomic E-state index is 2.45. The predicted molar refractivity (Wildman–Crippen MR) is 196 cm³/mol. The summed E-state index contributed by atoms with van der Waals surface area (Å²) in [6, 6.07) is 60.2. The summed E-state index contributed by atoms with van der Waals surface area (Å²) in [5, 5.41) is 7.71. The number of hydrogen-bond acceptors (Lipinski definition) is 1. The van der Waals surface area contributed by atoms with Gasteiger partial charge in [-0.25, -0.2) is 0 Å². The van der Waals surface area contributed by atoms with E-state index < -0.39 is 0 Å². The summed E-state index contributed by atoms with van der Waals surface area (Å²) in [7, 11) is 0. The van der Waals surface area contributed by atoms with Crippen molar-refractivity contribution in [2.75, 3.05) is 0 Å². The van der Waals surface area contributed by atoms with Gasteiger partial charge in [0.15, 0.2) is 0 Å². The van der Waals surface area contributed by atoms with Crippen LogP contribution in [0.4, 0.5) is 0 Å². The number of fused-ring (bicyclic) bond motifs is 7. The summed E-state index contributed by atoms with van der Waals surface area (Å²) in [5.41, 5.74) is 11.3. The first-order valence-electron chi connectivity index (χ1n) is 15.8. The van der Waals surface area contributed by atoms with Crippen LogP contribution in [-0.2, 0) is 0 Å². The summed E-state index contributed by atoms with van der Waals surface area (Å²) in [4.78, 5) is 2.65. The van der Waals surface area contributed by atoms with E-state index >= 15 is 0 Å². The highest BCUT2D eigenvalue weighted by Gasteiger charge is 2.23. The molecule has 0 radical (unpaired) electrons. The van der Waals surface area contributed by atoms with Crippen LogP contribution in [0.1, 0.15) is 0 Å². The van der Waals surface area contributed by atoms with Gasteiger partial charge in [-0.3, -0.25) is 0 Å². The summed E-state index contributed by atoms with van der Waals surface area (Å²) >= 11 is 1.88. The highest BCUT2D eigenvalue weighted by molar-refractivity contribution is 7.99. The fraction of sp³-hybridized carbons (Fsp3) is 0. The molecule has 1 aliphatic rings. The maximum atomic E-state index is 2.45. The molecular weight excluding hydrogens is 575 g/mol. The van der Waals surface area contributed by atoms with Crippen LogP contribution >= 0.6 is 11.8 Å². The van der Waals surface area contributed by atoms with Crippen LogP contribution in [0, 0.1) is 0 Å². The van der Waals surface area contributed by atoms with Crippen molar-refractivity contribution in [2.45, 2.75) is 9.79 Å². The zero-order valence-corrected chi connectivity index (χ0v) is 25.8. The van der Waals surface area contributed by atoms with Crippen molar-refractivity contribution < 1.29 is 0 Å². The molecule has 0 spiro atoms. The first kappa shape index (κ1) is 25.7.